The summed E-state index contributed by atoms with van der Waals surface area (Å²) < 4.78 is 50.6. The Morgan fingerprint density at radius 2 is 1.79 bits per heavy atom. The lowest BCUT2D eigenvalue weighted by Gasteiger charge is -2.19. The second-order valence-corrected chi connectivity index (χ2v) is 8.51. The van der Waals surface area contributed by atoms with Gasteiger partial charge in [0.15, 0.2) is 11.5 Å². The Hall–Kier alpha value is -2.30. The van der Waals surface area contributed by atoms with E-state index in [1.807, 2.05) is 18.4 Å². The van der Waals surface area contributed by atoms with Crippen molar-refractivity contribution in [2.75, 3.05) is 39.4 Å². The molecule has 0 radical (unpaired) electrons. The Morgan fingerprint density at radius 3 is 2.39 bits per heavy atom. The van der Waals surface area contributed by atoms with Gasteiger partial charge in [-0.2, -0.15) is 4.31 Å². The van der Waals surface area contributed by atoms with E-state index in [2.05, 4.69) is 5.32 Å². The Balaban J connectivity index is 2.23. The van der Waals surface area contributed by atoms with Crippen LogP contribution in [0.1, 0.15) is 0 Å². The van der Waals surface area contributed by atoms with E-state index in [1.54, 1.807) is 12.1 Å². The number of carbonyl (C=O) groups is 1. The van der Waals surface area contributed by atoms with Gasteiger partial charge in [-0.05, 0) is 18.4 Å². The summed E-state index contributed by atoms with van der Waals surface area (Å²) in [6, 6.07) is 9.09. The third kappa shape index (κ3) is 4.75. The molecule has 0 atom stereocenters. The third-order valence-electron chi connectivity index (χ3n) is 3.87. The van der Waals surface area contributed by atoms with Crippen molar-refractivity contribution >= 4 is 33.4 Å². The Morgan fingerprint density at radius 1 is 1.18 bits per heavy atom. The molecule has 0 heterocycles. The standard InChI is InChI=1S/C18H21FN2O5S2/c1-21(11-18(22)20-13-7-5-6-8-16(13)27-4)28(23,24)17-10-15(26-3)14(25-2)9-12(17)19/h5-10H,11H2,1-4H3,(H,20,22). The number of halogens is 1. The highest BCUT2D eigenvalue weighted by Crippen LogP contribution is 2.33. The second kappa shape index (κ2) is 9.26. The van der Waals surface area contributed by atoms with Crippen LogP contribution in [-0.2, 0) is 14.8 Å². The molecular weight excluding hydrogens is 407 g/mol. The van der Waals surface area contributed by atoms with Gasteiger partial charge in [0.25, 0.3) is 0 Å². The summed E-state index contributed by atoms with van der Waals surface area (Å²) in [5.74, 6) is -1.42. The quantitative estimate of drug-likeness (QED) is 0.651. The first-order chi connectivity index (χ1) is 13.2. The van der Waals surface area contributed by atoms with E-state index in [4.69, 9.17) is 9.47 Å². The van der Waals surface area contributed by atoms with E-state index in [-0.39, 0.29) is 11.5 Å². The summed E-state index contributed by atoms with van der Waals surface area (Å²) in [5.41, 5.74) is 0.572. The number of methoxy groups -OCH3 is 2. The van der Waals surface area contributed by atoms with Gasteiger partial charge in [-0.1, -0.05) is 12.1 Å². The van der Waals surface area contributed by atoms with Crippen molar-refractivity contribution in [1.29, 1.82) is 0 Å². The lowest BCUT2D eigenvalue weighted by Crippen LogP contribution is -2.35. The fourth-order valence-electron chi connectivity index (χ4n) is 2.43. The van der Waals surface area contributed by atoms with Gasteiger partial charge < -0.3 is 14.8 Å². The van der Waals surface area contributed by atoms with Gasteiger partial charge in [-0.3, -0.25) is 4.79 Å². The zero-order valence-electron chi connectivity index (χ0n) is 15.9. The molecule has 152 valence electrons. The number of thioether (sulfide) groups is 1. The molecule has 0 saturated heterocycles. The average molecular weight is 429 g/mol. The van der Waals surface area contributed by atoms with E-state index in [1.165, 1.54) is 33.0 Å². The number of amides is 1. The molecule has 0 saturated carbocycles. The number of anilines is 1. The first kappa shape index (κ1) is 22.0. The number of carbonyl (C=O) groups excluding carboxylic acids is 1. The molecule has 2 aromatic rings. The molecule has 0 spiro atoms. The summed E-state index contributed by atoms with van der Waals surface area (Å²) in [4.78, 5) is 12.5. The number of ether oxygens (including phenoxy) is 2. The number of nitrogens with zero attached hydrogens (tertiary/aromatic N) is 1. The maximum absolute atomic E-state index is 14.3. The molecular formula is C18H21FN2O5S2. The lowest BCUT2D eigenvalue weighted by molar-refractivity contribution is -0.116. The van der Waals surface area contributed by atoms with Crippen LogP contribution < -0.4 is 14.8 Å². The minimum absolute atomic E-state index is 0.0630. The molecule has 0 fully saturated rings. The number of para-hydroxylation sites is 1. The van der Waals surface area contributed by atoms with Crippen LogP contribution in [0.15, 0.2) is 46.2 Å². The summed E-state index contributed by atoms with van der Waals surface area (Å²) in [6.07, 6.45) is 1.86. The summed E-state index contributed by atoms with van der Waals surface area (Å²) in [6.45, 7) is -0.487. The average Bonchev–Trinajstić information content (AvgIpc) is 2.67. The van der Waals surface area contributed by atoms with Crippen molar-refractivity contribution in [3.8, 4) is 11.5 Å². The molecule has 2 aromatic carbocycles. The zero-order valence-corrected chi connectivity index (χ0v) is 17.5. The largest absolute Gasteiger partial charge is 0.493 e. The van der Waals surface area contributed by atoms with Gasteiger partial charge in [0.2, 0.25) is 15.9 Å². The molecule has 0 unspecified atom stereocenters. The van der Waals surface area contributed by atoms with Gasteiger partial charge in [-0.15, -0.1) is 11.8 Å². The topological polar surface area (TPSA) is 84.9 Å². The number of sulfonamides is 1. The molecule has 1 amide bonds. The second-order valence-electron chi connectivity index (χ2n) is 5.65. The molecule has 0 aliphatic rings. The van der Waals surface area contributed by atoms with Gasteiger partial charge in [0.05, 0.1) is 26.5 Å². The predicted octanol–water partition coefficient (Wildman–Crippen LogP) is 2.82. The number of likely N-dealkylation sites (N-methyl/N-ethyl adjacent to an activating group) is 1. The molecule has 0 bridgehead atoms. The monoisotopic (exact) mass is 428 g/mol. The molecule has 10 heteroatoms. The molecule has 0 aliphatic heterocycles. The molecule has 0 aliphatic carbocycles. The minimum atomic E-state index is -4.27. The summed E-state index contributed by atoms with van der Waals surface area (Å²) in [5, 5.41) is 2.67. The number of hydrogen-bond donors (Lipinski definition) is 1. The van der Waals surface area contributed by atoms with Gasteiger partial charge in [0, 0.05) is 24.1 Å². The van der Waals surface area contributed by atoms with Crippen molar-refractivity contribution < 1.29 is 27.1 Å². The van der Waals surface area contributed by atoms with E-state index in [0.717, 1.165) is 21.3 Å². The Labute approximate surface area is 167 Å². The number of hydrogen-bond acceptors (Lipinski definition) is 6. The van der Waals surface area contributed by atoms with Crippen LogP contribution >= 0.6 is 11.8 Å². The van der Waals surface area contributed by atoms with E-state index >= 15 is 0 Å². The summed E-state index contributed by atoms with van der Waals surface area (Å²) in [7, 11) is -0.448. The lowest BCUT2D eigenvalue weighted by atomic mass is 10.3. The number of rotatable bonds is 8. The van der Waals surface area contributed by atoms with Crippen LogP contribution in [0.4, 0.5) is 10.1 Å². The first-order valence-corrected chi connectivity index (χ1v) is 10.7. The minimum Gasteiger partial charge on any atom is -0.493 e. The first-order valence-electron chi connectivity index (χ1n) is 8.05. The molecule has 2 rings (SSSR count). The van der Waals surface area contributed by atoms with Crippen molar-refractivity contribution in [2.45, 2.75) is 9.79 Å². The molecule has 0 aromatic heterocycles. The van der Waals surface area contributed by atoms with Crippen LogP contribution in [0.5, 0.6) is 11.5 Å². The van der Waals surface area contributed by atoms with Crippen LogP contribution in [0, 0.1) is 5.82 Å². The van der Waals surface area contributed by atoms with E-state index < -0.39 is 33.2 Å². The normalized spacial score (nSPS) is 11.4. The van der Waals surface area contributed by atoms with Crippen LogP contribution in [-0.4, -0.2) is 52.7 Å². The smallest absolute Gasteiger partial charge is 0.246 e. The van der Waals surface area contributed by atoms with E-state index in [9.17, 15) is 17.6 Å². The van der Waals surface area contributed by atoms with Crippen molar-refractivity contribution in [3.63, 3.8) is 0 Å². The van der Waals surface area contributed by atoms with Crippen molar-refractivity contribution in [2.24, 2.45) is 0 Å². The van der Waals surface area contributed by atoms with Crippen LogP contribution in [0.2, 0.25) is 0 Å². The van der Waals surface area contributed by atoms with Gasteiger partial charge in [0.1, 0.15) is 10.7 Å². The Bertz CT molecular complexity index is 966. The highest BCUT2D eigenvalue weighted by atomic mass is 32.2. The van der Waals surface area contributed by atoms with Crippen LogP contribution in [0.3, 0.4) is 0 Å². The van der Waals surface area contributed by atoms with E-state index in [0.29, 0.717) is 5.69 Å². The number of nitrogens with one attached hydrogen (secondary N) is 1. The molecule has 7 nitrogen and oxygen atoms in total. The number of benzene rings is 2. The van der Waals surface area contributed by atoms with Crippen molar-refractivity contribution in [3.05, 3.63) is 42.2 Å². The Kier molecular flexibility index (Phi) is 7.28. The molecule has 1 N–H and O–H groups in total. The maximum Gasteiger partial charge on any atom is 0.246 e. The van der Waals surface area contributed by atoms with Crippen molar-refractivity contribution in [1.82, 2.24) is 4.31 Å². The highest BCUT2D eigenvalue weighted by Gasteiger charge is 2.28. The SMILES string of the molecule is COc1cc(F)c(S(=O)(=O)N(C)CC(=O)Nc2ccccc2SC)cc1OC. The fourth-order valence-corrected chi connectivity index (χ4v) is 4.16. The highest BCUT2D eigenvalue weighted by molar-refractivity contribution is 7.98. The maximum atomic E-state index is 14.3. The predicted molar refractivity (Wildman–Crippen MR) is 106 cm³/mol. The van der Waals surface area contributed by atoms with Crippen LogP contribution in [0.25, 0.3) is 0 Å². The van der Waals surface area contributed by atoms with Gasteiger partial charge in [-0.25, -0.2) is 12.8 Å². The fraction of sp³-hybridized carbons (Fsp3) is 0.278. The third-order valence-corrected chi connectivity index (χ3v) is 6.49. The summed E-state index contributed by atoms with van der Waals surface area (Å²) >= 11 is 1.45. The van der Waals surface area contributed by atoms with Gasteiger partial charge >= 0.3 is 0 Å². The zero-order chi connectivity index (χ0) is 20.9. The molecule has 28 heavy (non-hydrogen) atoms.